The lowest BCUT2D eigenvalue weighted by atomic mass is 9.77. The summed E-state index contributed by atoms with van der Waals surface area (Å²) in [6.45, 7) is 1.60. The minimum Gasteiger partial charge on any atom is -0.456 e. The zero-order chi connectivity index (χ0) is 20.1. The summed E-state index contributed by atoms with van der Waals surface area (Å²) in [5, 5.41) is 3.45. The molecule has 0 aliphatic carbocycles. The SMILES string of the molecule is O=C1OC2(c3ccccc3Oc3cc(NCC4CCCO4)ccc32)c2ccccc21. The lowest BCUT2D eigenvalue weighted by Crippen LogP contribution is -2.33. The Bertz CT molecular complexity index is 1150. The lowest BCUT2D eigenvalue weighted by Gasteiger charge is -2.36. The molecule has 0 aromatic heterocycles. The third kappa shape index (κ3) is 2.48. The minimum absolute atomic E-state index is 0.247. The van der Waals surface area contributed by atoms with Gasteiger partial charge in [0.1, 0.15) is 11.5 Å². The van der Waals surface area contributed by atoms with Crippen LogP contribution in [0.15, 0.2) is 66.7 Å². The second kappa shape index (κ2) is 6.61. The highest BCUT2D eigenvalue weighted by Crippen LogP contribution is 2.56. The summed E-state index contributed by atoms with van der Waals surface area (Å²) in [6.07, 6.45) is 2.44. The summed E-state index contributed by atoms with van der Waals surface area (Å²) in [4.78, 5) is 12.8. The molecule has 0 bridgehead atoms. The molecule has 150 valence electrons. The van der Waals surface area contributed by atoms with E-state index in [1.165, 1.54) is 0 Å². The maximum absolute atomic E-state index is 12.8. The molecule has 0 radical (unpaired) electrons. The first-order valence-electron chi connectivity index (χ1n) is 10.4. The Morgan fingerprint density at radius 1 is 0.933 bits per heavy atom. The molecule has 2 unspecified atom stereocenters. The number of para-hydroxylation sites is 1. The Morgan fingerprint density at radius 2 is 1.73 bits per heavy atom. The van der Waals surface area contributed by atoms with Gasteiger partial charge in [-0.25, -0.2) is 4.79 Å². The number of carbonyl (C=O) groups excluding carboxylic acids is 1. The number of hydrogen-bond acceptors (Lipinski definition) is 5. The summed E-state index contributed by atoms with van der Waals surface area (Å²) >= 11 is 0. The molecule has 5 heteroatoms. The van der Waals surface area contributed by atoms with Crippen molar-refractivity contribution in [1.29, 1.82) is 0 Å². The molecule has 1 N–H and O–H groups in total. The number of benzene rings is 3. The van der Waals surface area contributed by atoms with Crippen LogP contribution in [0, 0.1) is 0 Å². The number of carbonyl (C=O) groups is 1. The monoisotopic (exact) mass is 399 g/mol. The molecule has 6 rings (SSSR count). The van der Waals surface area contributed by atoms with Crippen LogP contribution in [0.4, 0.5) is 5.69 Å². The molecule has 0 amide bonds. The first kappa shape index (κ1) is 17.5. The van der Waals surface area contributed by atoms with Gasteiger partial charge in [-0.2, -0.15) is 0 Å². The Morgan fingerprint density at radius 3 is 2.60 bits per heavy atom. The van der Waals surface area contributed by atoms with Crippen LogP contribution >= 0.6 is 0 Å². The molecule has 3 aliphatic heterocycles. The number of hydrogen-bond donors (Lipinski definition) is 1. The van der Waals surface area contributed by atoms with Crippen molar-refractivity contribution in [1.82, 2.24) is 0 Å². The Balaban J connectivity index is 1.47. The third-order valence-electron chi connectivity index (χ3n) is 6.18. The largest absolute Gasteiger partial charge is 0.456 e. The third-order valence-corrected chi connectivity index (χ3v) is 6.18. The fourth-order valence-electron chi connectivity index (χ4n) is 4.77. The van der Waals surface area contributed by atoms with Crippen molar-refractivity contribution in [3.05, 3.63) is 89.0 Å². The highest BCUT2D eigenvalue weighted by Gasteiger charge is 2.53. The van der Waals surface area contributed by atoms with Gasteiger partial charge < -0.3 is 19.5 Å². The van der Waals surface area contributed by atoms with Gasteiger partial charge in [0.2, 0.25) is 0 Å². The van der Waals surface area contributed by atoms with Gasteiger partial charge in [0.05, 0.1) is 11.7 Å². The highest BCUT2D eigenvalue weighted by molar-refractivity contribution is 5.97. The predicted octanol–water partition coefficient (Wildman–Crippen LogP) is 4.85. The second-order valence-corrected chi connectivity index (χ2v) is 7.94. The molecule has 3 heterocycles. The number of rotatable bonds is 3. The van der Waals surface area contributed by atoms with Crippen molar-refractivity contribution >= 4 is 11.7 Å². The molecule has 0 saturated carbocycles. The van der Waals surface area contributed by atoms with Crippen molar-refractivity contribution in [2.24, 2.45) is 0 Å². The summed E-state index contributed by atoms with van der Waals surface area (Å²) in [5.41, 5.74) is 3.09. The van der Waals surface area contributed by atoms with E-state index in [1.54, 1.807) is 0 Å². The van der Waals surface area contributed by atoms with Crippen molar-refractivity contribution < 1.29 is 19.0 Å². The van der Waals surface area contributed by atoms with Crippen LogP contribution in [-0.2, 0) is 15.1 Å². The molecule has 5 nitrogen and oxygen atoms in total. The zero-order valence-electron chi connectivity index (χ0n) is 16.4. The van der Waals surface area contributed by atoms with Crippen molar-refractivity contribution in [3.63, 3.8) is 0 Å². The summed E-state index contributed by atoms with van der Waals surface area (Å²) in [7, 11) is 0. The Hall–Kier alpha value is -3.31. The van der Waals surface area contributed by atoms with E-state index in [2.05, 4.69) is 5.32 Å². The van der Waals surface area contributed by atoms with E-state index in [0.29, 0.717) is 17.1 Å². The molecule has 1 spiro atoms. The Kier molecular flexibility index (Phi) is 3.86. The van der Waals surface area contributed by atoms with Crippen LogP contribution in [0.3, 0.4) is 0 Å². The number of fused-ring (bicyclic) bond motifs is 6. The van der Waals surface area contributed by atoms with Gasteiger partial charge in [0.25, 0.3) is 0 Å². The van der Waals surface area contributed by atoms with Gasteiger partial charge in [0, 0.05) is 41.6 Å². The topological polar surface area (TPSA) is 56.8 Å². The fourth-order valence-corrected chi connectivity index (χ4v) is 4.77. The van der Waals surface area contributed by atoms with Gasteiger partial charge in [-0.15, -0.1) is 0 Å². The van der Waals surface area contributed by atoms with Crippen LogP contribution in [0.2, 0.25) is 0 Å². The van der Waals surface area contributed by atoms with Gasteiger partial charge >= 0.3 is 5.97 Å². The van der Waals surface area contributed by atoms with Crippen LogP contribution in [0.1, 0.15) is 39.9 Å². The first-order chi connectivity index (χ1) is 14.8. The van der Waals surface area contributed by atoms with Gasteiger partial charge in [-0.1, -0.05) is 36.4 Å². The van der Waals surface area contributed by atoms with Crippen LogP contribution in [0.25, 0.3) is 0 Å². The number of esters is 1. The maximum Gasteiger partial charge on any atom is 0.340 e. The van der Waals surface area contributed by atoms with E-state index in [-0.39, 0.29) is 12.1 Å². The standard InChI is InChI=1S/C25H21NO4/c27-24-18-7-1-2-8-19(18)25(30-24)20-9-3-4-10-22(20)29-23-14-16(11-12-21(23)25)26-15-17-6-5-13-28-17/h1-4,7-12,14,17,26H,5-6,13,15H2. The van der Waals surface area contributed by atoms with E-state index < -0.39 is 5.60 Å². The summed E-state index contributed by atoms with van der Waals surface area (Å²) in [5.74, 6) is 1.08. The van der Waals surface area contributed by atoms with Crippen molar-refractivity contribution in [2.45, 2.75) is 24.5 Å². The molecule has 1 fully saturated rings. The summed E-state index contributed by atoms with van der Waals surface area (Å²) < 4.78 is 18.1. The highest BCUT2D eigenvalue weighted by atomic mass is 16.6. The molecular formula is C25H21NO4. The quantitative estimate of drug-likeness (QED) is 0.639. The smallest absolute Gasteiger partial charge is 0.340 e. The van der Waals surface area contributed by atoms with Gasteiger partial charge in [0.15, 0.2) is 5.60 Å². The average Bonchev–Trinajstić information content (AvgIpc) is 3.40. The van der Waals surface area contributed by atoms with Crippen LogP contribution < -0.4 is 10.1 Å². The number of ether oxygens (including phenoxy) is 3. The van der Waals surface area contributed by atoms with Gasteiger partial charge in [-0.3, -0.25) is 0 Å². The average molecular weight is 399 g/mol. The minimum atomic E-state index is -0.995. The fraction of sp³-hybridized carbons (Fsp3) is 0.240. The van der Waals surface area contributed by atoms with Crippen LogP contribution in [0.5, 0.6) is 11.5 Å². The van der Waals surface area contributed by atoms with E-state index in [4.69, 9.17) is 14.2 Å². The molecule has 3 aromatic carbocycles. The van der Waals surface area contributed by atoms with E-state index in [1.807, 2.05) is 66.7 Å². The van der Waals surface area contributed by atoms with Crippen molar-refractivity contribution in [2.75, 3.05) is 18.5 Å². The number of nitrogens with one attached hydrogen (secondary N) is 1. The predicted molar refractivity (Wildman–Crippen MR) is 112 cm³/mol. The first-order valence-corrected chi connectivity index (χ1v) is 10.4. The van der Waals surface area contributed by atoms with E-state index in [9.17, 15) is 4.79 Å². The molecule has 2 atom stereocenters. The van der Waals surface area contributed by atoms with Crippen LogP contribution in [-0.4, -0.2) is 25.2 Å². The molecule has 1 saturated heterocycles. The zero-order valence-corrected chi connectivity index (χ0v) is 16.4. The van der Waals surface area contributed by atoms with E-state index >= 15 is 0 Å². The molecule has 3 aromatic rings. The normalized spacial score (nSPS) is 23.3. The summed E-state index contributed by atoms with van der Waals surface area (Å²) in [6, 6.07) is 21.4. The molecule has 30 heavy (non-hydrogen) atoms. The lowest BCUT2D eigenvalue weighted by molar-refractivity contribution is 0.0224. The van der Waals surface area contributed by atoms with Crippen molar-refractivity contribution in [3.8, 4) is 11.5 Å². The van der Waals surface area contributed by atoms with E-state index in [0.717, 1.165) is 48.4 Å². The number of anilines is 1. The van der Waals surface area contributed by atoms with Gasteiger partial charge in [-0.05, 0) is 37.1 Å². The molecule has 3 aliphatic rings. The molecular weight excluding hydrogens is 378 g/mol. The maximum atomic E-state index is 12.8. The Labute approximate surface area is 174 Å². The second-order valence-electron chi connectivity index (χ2n) is 7.94.